The van der Waals surface area contributed by atoms with Crippen LogP contribution in [0.4, 0.5) is 0 Å². The first-order chi connectivity index (χ1) is 11.3. The highest BCUT2D eigenvalue weighted by atomic mass is 16.5. The zero-order valence-corrected chi connectivity index (χ0v) is 12.3. The molecule has 0 spiro atoms. The van der Waals surface area contributed by atoms with Crippen molar-refractivity contribution in [2.45, 2.75) is 12.3 Å². The minimum absolute atomic E-state index is 0.417. The Hall–Kier alpha value is -2.92. The molecule has 23 heavy (non-hydrogen) atoms. The van der Waals surface area contributed by atoms with Crippen molar-refractivity contribution in [3.63, 3.8) is 0 Å². The van der Waals surface area contributed by atoms with Gasteiger partial charge in [-0.05, 0) is 12.0 Å². The van der Waals surface area contributed by atoms with E-state index in [1.807, 2.05) is 54.6 Å². The second kappa shape index (κ2) is 5.37. The molecule has 1 aliphatic rings. The molecule has 0 saturated carbocycles. The van der Waals surface area contributed by atoms with Crippen LogP contribution in [0, 0.1) is 0 Å². The van der Waals surface area contributed by atoms with Crippen molar-refractivity contribution in [2.75, 3.05) is 0 Å². The Morgan fingerprint density at radius 2 is 1.87 bits per heavy atom. The van der Waals surface area contributed by atoms with Gasteiger partial charge in [-0.2, -0.15) is 5.10 Å². The maximum atomic E-state index is 12.2. The highest BCUT2D eigenvalue weighted by Crippen LogP contribution is 2.42. The van der Waals surface area contributed by atoms with Crippen molar-refractivity contribution in [1.82, 2.24) is 15.7 Å². The van der Waals surface area contributed by atoms with Gasteiger partial charge in [0.2, 0.25) is 0 Å². The highest BCUT2D eigenvalue weighted by Gasteiger charge is 2.34. The molecule has 5 nitrogen and oxygen atoms in total. The quantitative estimate of drug-likeness (QED) is 0.503. The van der Waals surface area contributed by atoms with Crippen molar-refractivity contribution in [1.29, 1.82) is 0 Å². The van der Waals surface area contributed by atoms with Crippen LogP contribution in [0.3, 0.4) is 0 Å². The van der Waals surface area contributed by atoms with Gasteiger partial charge < -0.3 is 0 Å². The Balaban J connectivity index is 1.95. The summed E-state index contributed by atoms with van der Waals surface area (Å²) in [7, 11) is 0. The van der Waals surface area contributed by atoms with Crippen LogP contribution in [0.2, 0.25) is 0 Å². The van der Waals surface area contributed by atoms with Gasteiger partial charge in [-0.15, -0.1) is 0 Å². The molecule has 5 heteroatoms. The Kier molecular flexibility index (Phi) is 3.20. The summed E-state index contributed by atoms with van der Waals surface area (Å²) in [5.74, 6) is -0.891. The molecule has 3 aromatic rings. The SMILES string of the molecule is O=C(NO)C1Cc2ccccc2-c2[nH]nc(-c3ccccc3)c21. The minimum atomic E-state index is -0.473. The van der Waals surface area contributed by atoms with Gasteiger partial charge in [-0.25, -0.2) is 5.48 Å². The predicted octanol–water partition coefficient (Wildman–Crippen LogP) is 2.89. The van der Waals surface area contributed by atoms with Crippen LogP contribution in [-0.4, -0.2) is 21.3 Å². The molecule has 4 rings (SSSR count). The molecule has 3 N–H and O–H groups in total. The van der Waals surface area contributed by atoms with Crippen LogP contribution in [0.15, 0.2) is 54.6 Å². The summed E-state index contributed by atoms with van der Waals surface area (Å²) in [6, 6.07) is 17.7. The molecule has 1 atom stereocenters. The molecule has 0 aliphatic heterocycles. The van der Waals surface area contributed by atoms with Crippen LogP contribution >= 0.6 is 0 Å². The molecular weight excluding hydrogens is 290 g/mol. The minimum Gasteiger partial charge on any atom is -0.289 e. The lowest BCUT2D eigenvalue weighted by Crippen LogP contribution is -2.29. The first-order valence-corrected chi connectivity index (χ1v) is 7.45. The maximum Gasteiger partial charge on any atom is 0.251 e. The third kappa shape index (κ3) is 2.13. The van der Waals surface area contributed by atoms with Crippen LogP contribution < -0.4 is 5.48 Å². The van der Waals surface area contributed by atoms with Gasteiger partial charge in [0.05, 0.1) is 17.3 Å². The number of carbonyl (C=O) groups excluding carboxylic acids is 1. The fraction of sp³-hybridized carbons (Fsp3) is 0.111. The number of benzene rings is 2. The number of nitrogens with one attached hydrogen (secondary N) is 2. The van der Waals surface area contributed by atoms with E-state index in [1.165, 1.54) is 0 Å². The summed E-state index contributed by atoms with van der Waals surface area (Å²) in [5.41, 5.74) is 7.29. The molecule has 0 radical (unpaired) electrons. The third-order valence-electron chi connectivity index (χ3n) is 4.34. The summed E-state index contributed by atoms with van der Waals surface area (Å²) in [6.07, 6.45) is 0.537. The number of rotatable bonds is 2. The number of hydrogen-bond donors (Lipinski definition) is 3. The van der Waals surface area contributed by atoms with Gasteiger partial charge in [-0.1, -0.05) is 54.6 Å². The Labute approximate surface area is 132 Å². The van der Waals surface area contributed by atoms with Crippen molar-refractivity contribution in [2.24, 2.45) is 0 Å². The number of amides is 1. The lowest BCUT2D eigenvalue weighted by molar-refractivity contribution is -0.130. The molecule has 0 bridgehead atoms. The van der Waals surface area contributed by atoms with E-state index in [4.69, 9.17) is 5.21 Å². The van der Waals surface area contributed by atoms with E-state index >= 15 is 0 Å². The van der Waals surface area contributed by atoms with Crippen molar-refractivity contribution in [3.8, 4) is 22.5 Å². The van der Waals surface area contributed by atoms with Crippen LogP contribution in [0.1, 0.15) is 17.0 Å². The molecule has 2 aromatic carbocycles. The van der Waals surface area contributed by atoms with Crippen molar-refractivity contribution >= 4 is 5.91 Å². The number of aromatic amines is 1. The second-order valence-electron chi connectivity index (χ2n) is 5.62. The molecule has 1 amide bonds. The summed E-state index contributed by atoms with van der Waals surface area (Å²) in [4.78, 5) is 12.2. The average molecular weight is 305 g/mol. The number of nitrogens with zero attached hydrogens (tertiary/aromatic N) is 1. The second-order valence-corrected chi connectivity index (χ2v) is 5.62. The monoisotopic (exact) mass is 305 g/mol. The normalized spacial score (nSPS) is 15.6. The molecule has 1 heterocycles. The Morgan fingerprint density at radius 3 is 2.65 bits per heavy atom. The smallest absolute Gasteiger partial charge is 0.251 e. The zero-order chi connectivity index (χ0) is 15.8. The van der Waals surface area contributed by atoms with E-state index in [9.17, 15) is 4.79 Å². The molecule has 1 aliphatic carbocycles. The summed E-state index contributed by atoms with van der Waals surface area (Å²) in [5, 5.41) is 16.7. The van der Waals surface area contributed by atoms with Crippen LogP contribution in [0.25, 0.3) is 22.5 Å². The van der Waals surface area contributed by atoms with Crippen LogP contribution in [0.5, 0.6) is 0 Å². The number of hydroxylamine groups is 1. The molecular formula is C18H15N3O2. The largest absolute Gasteiger partial charge is 0.289 e. The average Bonchev–Trinajstić information content (AvgIpc) is 3.06. The first-order valence-electron chi connectivity index (χ1n) is 7.45. The maximum absolute atomic E-state index is 12.2. The van der Waals surface area contributed by atoms with E-state index in [0.717, 1.165) is 33.6 Å². The Morgan fingerprint density at radius 1 is 1.13 bits per heavy atom. The summed E-state index contributed by atoms with van der Waals surface area (Å²) < 4.78 is 0. The highest BCUT2D eigenvalue weighted by molar-refractivity contribution is 5.91. The van der Waals surface area contributed by atoms with E-state index in [2.05, 4.69) is 10.2 Å². The molecule has 0 fully saturated rings. The number of aromatic nitrogens is 2. The topological polar surface area (TPSA) is 78.0 Å². The summed E-state index contributed by atoms with van der Waals surface area (Å²) in [6.45, 7) is 0. The summed E-state index contributed by atoms with van der Waals surface area (Å²) >= 11 is 0. The third-order valence-corrected chi connectivity index (χ3v) is 4.34. The van der Waals surface area contributed by atoms with Gasteiger partial charge in [0.1, 0.15) is 0 Å². The lowest BCUT2D eigenvalue weighted by Gasteiger charge is -2.24. The van der Waals surface area contributed by atoms with E-state index < -0.39 is 11.8 Å². The standard InChI is InChI=1S/C18H15N3O2/c22-18(21-23)14-10-12-8-4-5-9-13(12)17-15(14)16(19-20-17)11-6-2-1-3-7-11/h1-9,14,23H,10H2,(H,19,20)(H,21,22). The van der Waals surface area contributed by atoms with Gasteiger partial charge in [0, 0.05) is 16.7 Å². The number of fused-ring (bicyclic) bond motifs is 3. The first kappa shape index (κ1) is 13.7. The fourth-order valence-electron chi connectivity index (χ4n) is 3.28. The van der Waals surface area contributed by atoms with Gasteiger partial charge in [0.25, 0.3) is 5.91 Å². The molecule has 1 unspecified atom stereocenters. The Bertz CT molecular complexity index is 857. The van der Waals surface area contributed by atoms with Crippen molar-refractivity contribution in [3.05, 3.63) is 65.7 Å². The van der Waals surface area contributed by atoms with Gasteiger partial charge in [-0.3, -0.25) is 15.1 Å². The molecule has 1 aromatic heterocycles. The van der Waals surface area contributed by atoms with E-state index in [-0.39, 0.29) is 0 Å². The lowest BCUT2D eigenvalue weighted by atomic mass is 9.80. The van der Waals surface area contributed by atoms with E-state index in [1.54, 1.807) is 5.48 Å². The fourth-order valence-corrected chi connectivity index (χ4v) is 3.28. The zero-order valence-electron chi connectivity index (χ0n) is 12.3. The number of H-pyrrole nitrogens is 1. The van der Waals surface area contributed by atoms with Crippen molar-refractivity contribution < 1.29 is 10.0 Å². The van der Waals surface area contributed by atoms with Crippen LogP contribution in [-0.2, 0) is 11.2 Å². The number of carbonyl (C=O) groups is 1. The van der Waals surface area contributed by atoms with E-state index in [0.29, 0.717) is 6.42 Å². The van der Waals surface area contributed by atoms with Gasteiger partial charge in [0.15, 0.2) is 0 Å². The predicted molar refractivity (Wildman–Crippen MR) is 85.8 cm³/mol. The molecule has 114 valence electrons. The van der Waals surface area contributed by atoms with Gasteiger partial charge >= 0.3 is 0 Å². The molecule has 0 saturated heterocycles. The number of hydrogen-bond acceptors (Lipinski definition) is 3.